The molecule has 18 heavy (non-hydrogen) atoms. The molecule has 0 radical (unpaired) electrons. The first-order valence-electron chi connectivity index (χ1n) is 8.11. The van der Waals surface area contributed by atoms with Crippen molar-refractivity contribution in [1.82, 2.24) is 4.90 Å². The monoisotopic (exact) mass is 252 g/mol. The lowest BCUT2D eigenvalue weighted by Gasteiger charge is -2.49. The Balaban J connectivity index is 2.01. The average molecular weight is 252 g/mol. The molecule has 0 aliphatic heterocycles. The Kier molecular flexibility index (Phi) is 5.08. The van der Waals surface area contributed by atoms with E-state index in [-0.39, 0.29) is 0 Å². The van der Waals surface area contributed by atoms with Gasteiger partial charge in [-0.3, -0.25) is 4.90 Å². The van der Waals surface area contributed by atoms with Crippen molar-refractivity contribution in [2.24, 2.45) is 11.7 Å². The van der Waals surface area contributed by atoms with Crippen LogP contribution < -0.4 is 5.73 Å². The predicted molar refractivity (Wildman–Crippen MR) is 78.7 cm³/mol. The molecule has 0 heterocycles. The number of hydrogen-bond acceptors (Lipinski definition) is 2. The molecule has 2 aliphatic rings. The van der Waals surface area contributed by atoms with Crippen molar-refractivity contribution in [3.63, 3.8) is 0 Å². The largest absolute Gasteiger partial charge is 0.329 e. The molecule has 0 aromatic carbocycles. The van der Waals surface area contributed by atoms with E-state index in [4.69, 9.17) is 5.73 Å². The van der Waals surface area contributed by atoms with Crippen molar-refractivity contribution in [2.45, 2.75) is 82.7 Å². The zero-order chi connectivity index (χ0) is 13.0. The van der Waals surface area contributed by atoms with E-state index in [0.717, 1.165) is 18.5 Å². The van der Waals surface area contributed by atoms with Gasteiger partial charge in [-0.1, -0.05) is 32.6 Å². The maximum atomic E-state index is 6.19. The molecule has 0 bridgehead atoms. The number of hydrogen-bond donors (Lipinski definition) is 1. The number of rotatable bonds is 3. The fourth-order valence-electron chi connectivity index (χ4n) is 4.03. The highest BCUT2D eigenvalue weighted by molar-refractivity contribution is 4.96. The van der Waals surface area contributed by atoms with Crippen molar-refractivity contribution < 1.29 is 0 Å². The highest BCUT2D eigenvalue weighted by atomic mass is 15.2. The summed E-state index contributed by atoms with van der Waals surface area (Å²) in [5, 5.41) is 0. The zero-order valence-electron chi connectivity index (χ0n) is 12.5. The van der Waals surface area contributed by atoms with Crippen molar-refractivity contribution in [1.29, 1.82) is 0 Å². The first kappa shape index (κ1) is 14.3. The van der Waals surface area contributed by atoms with E-state index in [9.17, 15) is 0 Å². The van der Waals surface area contributed by atoms with Crippen molar-refractivity contribution in [3.8, 4) is 0 Å². The van der Waals surface area contributed by atoms with Crippen LogP contribution in [0.2, 0.25) is 0 Å². The lowest BCUT2D eigenvalue weighted by molar-refractivity contribution is 0.0268. The van der Waals surface area contributed by atoms with Gasteiger partial charge in [0, 0.05) is 18.1 Å². The summed E-state index contributed by atoms with van der Waals surface area (Å²) in [6.07, 6.45) is 13.9. The van der Waals surface area contributed by atoms with Gasteiger partial charge in [-0.2, -0.15) is 0 Å². The standard InChI is InChI=1S/C16H32N2/c1-14-9-11-16(13-17,12-10-14)18(2)15-7-5-3-4-6-8-15/h14-15H,3-13,17H2,1-2H3. The van der Waals surface area contributed by atoms with Gasteiger partial charge < -0.3 is 5.73 Å². The molecule has 0 aromatic rings. The Morgan fingerprint density at radius 1 is 1.00 bits per heavy atom. The Hall–Kier alpha value is -0.0800. The lowest BCUT2D eigenvalue weighted by atomic mass is 9.75. The molecule has 106 valence electrons. The normalized spacial score (nSPS) is 35.7. The van der Waals surface area contributed by atoms with E-state index in [1.807, 2.05) is 0 Å². The fraction of sp³-hybridized carbons (Fsp3) is 1.00. The van der Waals surface area contributed by atoms with E-state index < -0.39 is 0 Å². The zero-order valence-corrected chi connectivity index (χ0v) is 12.5. The van der Waals surface area contributed by atoms with Crippen molar-refractivity contribution in [2.75, 3.05) is 13.6 Å². The second kappa shape index (κ2) is 6.38. The van der Waals surface area contributed by atoms with Gasteiger partial charge in [0.15, 0.2) is 0 Å². The lowest BCUT2D eigenvalue weighted by Crippen LogP contribution is -2.57. The molecule has 2 nitrogen and oxygen atoms in total. The summed E-state index contributed by atoms with van der Waals surface area (Å²) in [6, 6.07) is 0.796. The molecule has 0 unspecified atom stereocenters. The Labute approximate surface area is 113 Å². The molecule has 0 aromatic heterocycles. The summed E-state index contributed by atoms with van der Waals surface area (Å²) in [4.78, 5) is 2.70. The Bertz CT molecular complexity index is 235. The van der Waals surface area contributed by atoms with Gasteiger partial charge in [-0.05, 0) is 51.5 Å². The summed E-state index contributed by atoms with van der Waals surface area (Å²) in [7, 11) is 2.36. The third kappa shape index (κ3) is 3.08. The molecule has 2 aliphatic carbocycles. The second-order valence-electron chi connectivity index (χ2n) is 6.87. The Morgan fingerprint density at radius 2 is 1.56 bits per heavy atom. The van der Waals surface area contributed by atoms with Gasteiger partial charge in [0.25, 0.3) is 0 Å². The van der Waals surface area contributed by atoms with E-state index in [1.165, 1.54) is 64.2 Å². The molecule has 2 fully saturated rings. The molecule has 2 saturated carbocycles. The van der Waals surface area contributed by atoms with E-state index in [1.54, 1.807) is 0 Å². The third-order valence-corrected chi connectivity index (χ3v) is 5.71. The minimum Gasteiger partial charge on any atom is -0.329 e. The molecule has 0 amide bonds. The first-order valence-corrected chi connectivity index (χ1v) is 8.11. The van der Waals surface area contributed by atoms with Crippen molar-refractivity contribution >= 4 is 0 Å². The number of nitrogens with two attached hydrogens (primary N) is 1. The van der Waals surface area contributed by atoms with Crippen LogP contribution in [0.15, 0.2) is 0 Å². The fourth-order valence-corrected chi connectivity index (χ4v) is 4.03. The minimum absolute atomic E-state index is 0.321. The van der Waals surface area contributed by atoms with Gasteiger partial charge in [-0.25, -0.2) is 0 Å². The SMILES string of the molecule is CC1CCC(CN)(N(C)C2CCCCCC2)CC1. The molecular weight excluding hydrogens is 220 g/mol. The molecule has 0 saturated heterocycles. The summed E-state index contributed by atoms with van der Waals surface area (Å²) < 4.78 is 0. The van der Waals surface area contributed by atoms with Gasteiger partial charge in [0.1, 0.15) is 0 Å². The molecule has 0 atom stereocenters. The van der Waals surface area contributed by atoms with Crippen LogP contribution in [0.25, 0.3) is 0 Å². The van der Waals surface area contributed by atoms with Crippen LogP contribution in [0.5, 0.6) is 0 Å². The summed E-state index contributed by atoms with van der Waals surface area (Å²) in [5.41, 5.74) is 6.51. The Morgan fingerprint density at radius 3 is 2.06 bits per heavy atom. The maximum Gasteiger partial charge on any atom is 0.0331 e. The van der Waals surface area contributed by atoms with Gasteiger partial charge in [-0.15, -0.1) is 0 Å². The van der Waals surface area contributed by atoms with Crippen LogP contribution in [0, 0.1) is 5.92 Å². The maximum absolute atomic E-state index is 6.19. The quantitative estimate of drug-likeness (QED) is 0.778. The topological polar surface area (TPSA) is 29.3 Å². The number of likely N-dealkylation sites (N-methyl/N-ethyl adjacent to an activating group) is 1. The van der Waals surface area contributed by atoms with Crippen LogP contribution in [0.3, 0.4) is 0 Å². The van der Waals surface area contributed by atoms with Crippen LogP contribution >= 0.6 is 0 Å². The molecule has 2 heteroatoms. The van der Waals surface area contributed by atoms with Crippen molar-refractivity contribution in [3.05, 3.63) is 0 Å². The highest BCUT2D eigenvalue weighted by Gasteiger charge is 2.39. The molecule has 2 rings (SSSR count). The van der Waals surface area contributed by atoms with Gasteiger partial charge in [0.05, 0.1) is 0 Å². The summed E-state index contributed by atoms with van der Waals surface area (Å²) in [6.45, 7) is 3.25. The van der Waals surface area contributed by atoms with E-state index >= 15 is 0 Å². The van der Waals surface area contributed by atoms with Crippen LogP contribution in [-0.4, -0.2) is 30.1 Å². The van der Waals surface area contributed by atoms with Crippen LogP contribution in [-0.2, 0) is 0 Å². The molecular formula is C16H32N2. The molecule has 2 N–H and O–H groups in total. The number of nitrogens with zero attached hydrogens (tertiary/aromatic N) is 1. The third-order valence-electron chi connectivity index (χ3n) is 5.71. The average Bonchev–Trinajstić information content (AvgIpc) is 2.68. The minimum atomic E-state index is 0.321. The predicted octanol–water partition coefficient (Wildman–Crippen LogP) is 3.55. The van der Waals surface area contributed by atoms with E-state index in [0.29, 0.717) is 5.54 Å². The smallest absolute Gasteiger partial charge is 0.0331 e. The van der Waals surface area contributed by atoms with Crippen LogP contribution in [0.1, 0.15) is 71.1 Å². The molecule has 0 spiro atoms. The van der Waals surface area contributed by atoms with E-state index in [2.05, 4.69) is 18.9 Å². The highest BCUT2D eigenvalue weighted by Crippen LogP contribution is 2.38. The second-order valence-corrected chi connectivity index (χ2v) is 6.87. The van der Waals surface area contributed by atoms with Crippen LogP contribution in [0.4, 0.5) is 0 Å². The summed E-state index contributed by atoms with van der Waals surface area (Å²) >= 11 is 0. The first-order chi connectivity index (χ1) is 8.68. The van der Waals surface area contributed by atoms with Gasteiger partial charge in [0.2, 0.25) is 0 Å². The van der Waals surface area contributed by atoms with Gasteiger partial charge >= 0.3 is 0 Å². The summed E-state index contributed by atoms with van der Waals surface area (Å²) in [5.74, 6) is 0.909.